The summed E-state index contributed by atoms with van der Waals surface area (Å²) in [7, 11) is 0. The van der Waals surface area contributed by atoms with Crippen molar-refractivity contribution in [2.24, 2.45) is 0 Å². The zero-order valence-corrected chi connectivity index (χ0v) is 46.8. The third kappa shape index (κ3) is 11.0. The molecule has 6 nitrogen and oxygen atoms in total. The minimum atomic E-state index is 0. The van der Waals surface area contributed by atoms with E-state index in [1.807, 2.05) is 73.6 Å². The van der Waals surface area contributed by atoms with Crippen LogP contribution in [0.5, 0.6) is 0 Å². The molecule has 0 amide bonds. The molecule has 9 aromatic carbocycles. The van der Waals surface area contributed by atoms with Crippen LogP contribution >= 0.6 is 0 Å². The summed E-state index contributed by atoms with van der Waals surface area (Å²) < 4.78 is 0. The molecular formula is C72H53Cl2N6Ru. The maximum absolute atomic E-state index is 4.67. The third-order valence-corrected chi connectivity index (χ3v) is 14.4. The van der Waals surface area contributed by atoms with E-state index in [4.69, 9.17) is 0 Å². The molecule has 1 radical (unpaired) electrons. The minimum absolute atomic E-state index is 0. The number of hydrogen-bond donors (Lipinski definition) is 0. The van der Waals surface area contributed by atoms with E-state index >= 15 is 0 Å². The number of fused-ring (bicyclic) bond motifs is 9. The van der Waals surface area contributed by atoms with Gasteiger partial charge in [0, 0.05) is 69.5 Å². The van der Waals surface area contributed by atoms with Crippen LogP contribution in [0, 0.1) is 0 Å². The number of halogens is 2. The predicted octanol–water partition coefficient (Wildman–Crippen LogP) is 12.9. The first kappa shape index (κ1) is 55.0. The molecule has 81 heavy (non-hydrogen) atoms. The Morgan fingerprint density at radius 3 is 0.444 bits per heavy atom. The van der Waals surface area contributed by atoms with Crippen LogP contribution in [0.15, 0.2) is 292 Å². The number of hydrogen-bond acceptors (Lipinski definition) is 6. The van der Waals surface area contributed by atoms with Gasteiger partial charge in [0.25, 0.3) is 0 Å². The Hall–Kier alpha value is -9.36. The SMILES string of the molecule is [Cl-].[Cl-].[H-].[H-].[H-].[H-].[H-].[Ru+7].c1ccc(-c2ccnc3c2ccc2c(-c4ccccc4)ccnc23)cc1.c1ccc(-c2ccnc3c2ccc2c(-c4ccccc4)ccnc23)cc1.c1ccc(-c2ccnc3c2ccc2c(-c4ccccc4)ccnc23)cc1. The van der Waals surface area contributed by atoms with E-state index in [-0.39, 0.29) is 51.4 Å². The maximum atomic E-state index is 4.67. The molecular weight excluding hydrogens is 1120 g/mol. The third-order valence-electron chi connectivity index (χ3n) is 14.4. The van der Waals surface area contributed by atoms with Gasteiger partial charge in [-0.2, -0.15) is 0 Å². The molecule has 0 aliphatic carbocycles. The molecule has 0 saturated carbocycles. The molecule has 393 valence electrons. The quantitative estimate of drug-likeness (QED) is 0.122. The molecule has 0 bridgehead atoms. The molecule has 0 aliphatic heterocycles. The van der Waals surface area contributed by atoms with Gasteiger partial charge >= 0.3 is 19.5 Å². The summed E-state index contributed by atoms with van der Waals surface area (Å²) in [6.45, 7) is 0. The molecule has 15 rings (SSSR count). The second-order valence-electron chi connectivity index (χ2n) is 18.9. The summed E-state index contributed by atoms with van der Waals surface area (Å²) in [5, 5.41) is 6.77. The fourth-order valence-corrected chi connectivity index (χ4v) is 10.7. The fraction of sp³-hybridized carbons (Fsp3) is 0. The minimum Gasteiger partial charge on any atom is -1.00 e. The topological polar surface area (TPSA) is 77.3 Å². The summed E-state index contributed by atoms with van der Waals surface area (Å²) in [6.07, 6.45) is 11.3. The van der Waals surface area contributed by atoms with Gasteiger partial charge in [0.15, 0.2) is 0 Å². The van der Waals surface area contributed by atoms with Gasteiger partial charge in [-0.05, 0) is 103 Å². The van der Waals surface area contributed by atoms with Gasteiger partial charge in [-0.1, -0.05) is 218 Å². The van der Waals surface area contributed by atoms with Gasteiger partial charge in [0.05, 0.1) is 33.1 Å². The second kappa shape index (κ2) is 25.2. The van der Waals surface area contributed by atoms with Crippen molar-refractivity contribution in [2.75, 3.05) is 0 Å². The van der Waals surface area contributed by atoms with E-state index < -0.39 is 0 Å². The molecule has 0 N–H and O–H groups in total. The summed E-state index contributed by atoms with van der Waals surface area (Å²) in [5.74, 6) is 0. The average Bonchev–Trinajstić information content (AvgIpc) is 1.03. The zero-order valence-electron chi connectivity index (χ0n) is 48.5. The summed E-state index contributed by atoms with van der Waals surface area (Å²) >= 11 is 0. The monoisotopic (exact) mass is 1170 g/mol. The maximum Gasteiger partial charge on any atom is 7.00 e. The smallest absolute Gasteiger partial charge is 1.00 e. The molecule has 0 fully saturated rings. The molecule has 9 heteroatoms. The number of aromatic nitrogens is 6. The molecule has 0 aliphatic rings. The van der Waals surface area contributed by atoms with Crippen molar-refractivity contribution in [1.82, 2.24) is 29.9 Å². The fourth-order valence-electron chi connectivity index (χ4n) is 10.7. The van der Waals surface area contributed by atoms with Crippen LogP contribution in [0.2, 0.25) is 0 Å². The Labute approximate surface area is 502 Å². The first-order chi connectivity index (χ1) is 38.7. The van der Waals surface area contributed by atoms with Crippen LogP contribution in [0.1, 0.15) is 7.13 Å². The Morgan fingerprint density at radius 1 is 0.173 bits per heavy atom. The Kier molecular flexibility index (Phi) is 17.1. The standard InChI is InChI=1S/3C24H16N2.2ClH.Ru.5H/c3*1-3-7-17(8-4-1)19-13-15-25-23-21(19)11-12-22-20(14-16-26-24(22)23)18-9-5-2-6-10-18;;;;;;;;/h3*1-16H;2*1H;;;;;;/q;;;;;+7;5*-1/p-2. The second-order valence-corrected chi connectivity index (χ2v) is 18.9. The van der Waals surface area contributed by atoms with Crippen LogP contribution in [-0.2, 0) is 19.5 Å². The van der Waals surface area contributed by atoms with Gasteiger partial charge < -0.3 is 31.9 Å². The zero-order chi connectivity index (χ0) is 52.0. The van der Waals surface area contributed by atoms with Crippen LogP contribution in [-0.4, -0.2) is 29.9 Å². The number of pyridine rings is 6. The van der Waals surface area contributed by atoms with E-state index in [0.717, 1.165) is 65.4 Å². The normalized spacial score (nSPS) is 10.7. The molecule has 0 saturated heterocycles. The Balaban J connectivity index is 0.000000225. The first-order valence-electron chi connectivity index (χ1n) is 26.1. The van der Waals surface area contributed by atoms with E-state index in [0.29, 0.717) is 0 Å². The molecule has 6 heterocycles. The molecule has 15 aromatic rings. The molecule has 0 spiro atoms. The van der Waals surface area contributed by atoms with Gasteiger partial charge in [-0.25, -0.2) is 0 Å². The molecule has 0 unspecified atom stereocenters. The van der Waals surface area contributed by atoms with E-state index in [1.54, 1.807) is 0 Å². The Morgan fingerprint density at radius 2 is 0.309 bits per heavy atom. The summed E-state index contributed by atoms with van der Waals surface area (Å²) in [5.41, 5.74) is 19.9. The number of nitrogens with zero attached hydrogens (tertiary/aromatic N) is 6. The van der Waals surface area contributed by atoms with Crippen molar-refractivity contribution in [3.8, 4) is 66.8 Å². The van der Waals surface area contributed by atoms with Crippen molar-refractivity contribution in [2.45, 2.75) is 0 Å². The van der Waals surface area contributed by atoms with Crippen molar-refractivity contribution < 1.29 is 51.4 Å². The number of benzene rings is 9. The van der Waals surface area contributed by atoms with Crippen LogP contribution in [0.3, 0.4) is 0 Å². The first-order valence-corrected chi connectivity index (χ1v) is 26.1. The van der Waals surface area contributed by atoms with Gasteiger partial charge in [-0.3, -0.25) is 29.9 Å². The summed E-state index contributed by atoms with van der Waals surface area (Å²) in [6, 6.07) is 88.0. The van der Waals surface area contributed by atoms with Gasteiger partial charge in [0.1, 0.15) is 0 Å². The van der Waals surface area contributed by atoms with E-state index in [9.17, 15) is 0 Å². The molecule has 0 atom stereocenters. The van der Waals surface area contributed by atoms with Crippen molar-refractivity contribution in [3.05, 3.63) is 292 Å². The Bertz CT molecular complexity index is 3860. The predicted molar refractivity (Wildman–Crippen MR) is 329 cm³/mol. The van der Waals surface area contributed by atoms with Gasteiger partial charge in [-0.15, -0.1) is 0 Å². The van der Waals surface area contributed by atoms with E-state index in [1.165, 1.54) is 66.8 Å². The van der Waals surface area contributed by atoms with Crippen LogP contribution < -0.4 is 24.8 Å². The van der Waals surface area contributed by atoms with Gasteiger partial charge in [0.2, 0.25) is 0 Å². The van der Waals surface area contributed by atoms with E-state index in [2.05, 4.69) is 248 Å². The molecule has 6 aromatic heterocycles. The number of rotatable bonds is 6. The van der Waals surface area contributed by atoms with Crippen LogP contribution in [0.25, 0.3) is 132 Å². The van der Waals surface area contributed by atoms with Crippen LogP contribution in [0.4, 0.5) is 0 Å². The average molecular weight is 1170 g/mol. The largest absolute Gasteiger partial charge is 7.00 e. The summed E-state index contributed by atoms with van der Waals surface area (Å²) in [4.78, 5) is 28.0. The van der Waals surface area contributed by atoms with Crippen molar-refractivity contribution in [3.63, 3.8) is 0 Å². The van der Waals surface area contributed by atoms with Crippen molar-refractivity contribution >= 4 is 65.4 Å². The van der Waals surface area contributed by atoms with Crippen molar-refractivity contribution in [1.29, 1.82) is 0 Å².